The maximum Gasteiger partial charge on any atom is 0.253 e. The van der Waals surface area contributed by atoms with Gasteiger partial charge in [-0.2, -0.15) is 0 Å². The zero-order valence-corrected chi connectivity index (χ0v) is 24.7. The van der Waals surface area contributed by atoms with Gasteiger partial charge in [-0.25, -0.2) is 22.4 Å². The van der Waals surface area contributed by atoms with E-state index in [-0.39, 0.29) is 36.8 Å². The summed E-state index contributed by atoms with van der Waals surface area (Å²) in [6, 6.07) is 13.1. The van der Waals surface area contributed by atoms with Crippen LogP contribution >= 0.6 is 11.3 Å². The van der Waals surface area contributed by atoms with Crippen molar-refractivity contribution in [1.29, 1.82) is 0 Å². The van der Waals surface area contributed by atoms with E-state index in [0.717, 1.165) is 32.6 Å². The molecule has 0 fully saturated rings. The van der Waals surface area contributed by atoms with Crippen LogP contribution in [0.1, 0.15) is 21.1 Å². The fraction of sp³-hybridized carbons (Fsp3) is 0.250. The summed E-state index contributed by atoms with van der Waals surface area (Å²) in [7, 11) is -0.128. The average molecular weight is 595 g/mol. The van der Waals surface area contributed by atoms with E-state index in [1.807, 2.05) is 41.8 Å². The average Bonchev–Trinajstić information content (AvgIpc) is 3.58. The molecule has 214 valence electrons. The normalized spacial score (nSPS) is 11.2. The van der Waals surface area contributed by atoms with Crippen LogP contribution in [0.25, 0.3) is 22.4 Å². The highest BCUT2D eigenvalue weighted by atomic mass is 32.2. The number of ketones is 1. The molecule has 2 N–H and O–H groups in total. The molecule has 0 aliphatic rings. The Morgan fingerprint density at radius 3 is 2.51 bits per heavy atom. The molecular weight excluding hydrogens is 564 g/mol. The molecule has 41 heavy (non-hydrogen) atoms. The van der Waals surface area contributed by atoms with Crippen molar-refractivity contribution in [3.8, 4) is 22.4 Å². The summed E-state index contributed by atoms with van der Waals surface area (Å²) in [4.78, 5) is 47.5. The minimum Gasteiger partial charge on any atom is -0.358 e. The molecule has 0 saturated heterocycles. The predicted octanol–water partition coefficient (Wildman–Crippen LogP) is 2.51. The van der Waals surface area contributed by atoms with Gasteiger partial charge in [-0.3, -0.25) is 14.4 Å². The topological polar surface area (TPSA) is 143 Å². The summed E-state index contributed by atoms with van der Waals surface area (Å²) in [5.74, 6) is -0.195. The second-order valence-corrected chi connectivity index (χ2v) is 12.3. The lowest BCUT2D eigenvalue weighted by molar-refractivity contribution is -0.119. The van der Waals surface area contributed by atoms with Gasteiger partial charge in [0.2, 0.25) is 15.9 Å². The minimum atomic E-state index is -3.52. The lowest BCUT2D eigenvalue weighted by Gasteiger charge is -2.17. The molecular formula is C28H30N6O5S2. The SMILES string of the molecule is CNC(=O)CN(C)c1cc(-c2cccc(-c3csc(CC(=O)CNC(=O)c4cc(C)n(S(C)(=O)=O)c4)n3)c2)ccn1. The van der Waals surface area contributed by atoms with E-state index < -0.39 is 15.9 Å². The first-order chi connectivity index (χ1) is 19.4. The molecule has 3 aromatic heterocycles. The molecule has 0 spiro atoms. The number of carbonyl (C=O) groups excluding carboxylic acids is 3. The summed E-state index contributed by atoms with van der Waals surface area (Å²) < 4.78 is 24.6. The zero-order valence-electron chi connectivity index (χ0n) is 23.0. The smallest absolute Gasteiger partial charge is 0.253 e. The van der Waals surface area contributed by atoms with Crippen molar-refractivity contribution in [1.82, 2.24) is 24.6 Å². The second kappa shape index (κ2) is 12.4. The van der Waals surface area contributed by atoms with Crippen molar-refractivity contribution in [3.63, 3.8) is 0 Å². The third-order valence-electron chi connectivity index (χ3n) is 6.22. The lowest BCUT2D eigenvalue weighted by Crippen LogP contribution is -2.33. The van der Waals surface area contributed by atoms with Gasteiger partial charge in [-0.05, 0) is 42.3 Å². The maximum absolute atomic E-state index is 12.6. The van der Waals surface area contributed by atoms with Gasteiger partial charge in [0.15, 0.2) is 5.78 Å². The number of hydrogen-bond donors (Lipinski definition) is 2. The summed E-state index contributed by atoms with van der Waals surface area (Å²) in [5.41, 5.74) is 4.07. The Kier molecular flexibility index (Phi) is 8.98. The number of rotatable bonds is 11. The van der Waals surface area contributed by atoms with Crippen LogP contribution in [0.3, 0.4) is 0 Å². The third-order valence-corrected chi connectivity index (χ3v) is 8.18. The number of hydrogen-bond acceptors (Lipinski definition) is 9. The number of nitrogens with one attached hydrogen (secondary N) is 2. The number of aromatic nitrogens is 3. The molecule has 0 aliphatic carbocycles. The first kappa shape index (κ1) is 29.6. The third kappa shape index (κ3) is 7.44. The van der Waals surface area contributed by atoms with E-state index in [4.69, 9.17) is 0 Å². The van der Waals surface area contributed by atoms with E-state index in [0.29, 0.717) is 16.5 Å². The first-order valence-corrected chi connectivity index (χ1v) is 15.3. The van der Waals surface area contributed by atoms with Gasteiger partial charge in [0.05, 0.1) is 37.0 Å². The summed E-state index contributed by atoms with van der Waals surface area (Å²) in [6.07, 6.45) is 4.04. The van der Waals surface area contributed by atoms with Crippen LogP contribution in [0.2, 0.25) is 0 Å². The highest BCUT2D eigenvalue weighted by Crippen LogP contribution is 2.29. The van der Waals surface area contributed by atoms with Crippen LogP contribution in [0.4, 0.5) is 5.82 Å². The number of nitrogens with zero attached hydrogens (tertiary/aromatic N) is 4. The van der Waals surface area contributed by atoms with Crippen molar-refractivity contribution in [2.24, 2.45) is 0 Å². The molecule has 0 saturated carbocycles. The Hall–Kier alpha value is -4.36. The number of carbonyl (C=O) groups is 3. The Morgan fingerprint density at radius 1 is 1.07 bits per heavy atom. The monoisotopic (exact) mass is 594 g/mol. The molecule has 3 heterocycles. The number of benzene rings is 1. The predicted molar refractivity (Wildman–Crippen MR) is 159 cm³/mol. The van der Waals surface area contributed by atoms with E-state index >= 15 is 0 Å². The summed E-state index contributed by atoms with van der Waals surface area (Å²) in [6.45, 7) is 1.57. The molecule has 4 aromatic rings. The Balaban J connectivity index is 1.39. The van der Waals surface area contributed by atoms with Gasteiger partial charge in [0.1, 0.15) is 10.8 Å². The van der Waals surface area contributed by atoms with Crippen LogP contribution in [-0.4, -0.2) is 73.4 Å². The molecule has 13 heteroatoms. The molecule has 0 aliphatic heterocycles. The van der Waals surface area contributed by atoms with Gasteiger partial charge in [-0.1, -0.05) is 18.2 Å². The van der Waals surface area contributed by atoms with Gasteiger partial charge < -0.3 is 15.5 Å². The van der Waals surface area contributed by atoms with Gasteiger partial charge in [0, 0.05) is 43.1 Å². The molecule has 0 unspecified atom stereocenters. The minimum absolute atomic E-state index is 0.0550. The van der Waals surface area contributed by atoms with Crippen molar-refractivity contribution in [3.05, 3.63) is 76.5 Å². The van der Waals surface area contributed by atoms with Crippen LogP contribution in [-0.2, 0) is 26.0 Å². The van der Waals surface area contributed by atoms with Crippen molar-refractivity contribution >= 4 is 44.8 Å². The molecule has 1 aromatic carbocycles. The highest BCUT2D eigenvalue weighted by molar-refractivity contribution is 7.89. The standard InChI is InChI=1S/C28H30N6O5S2/c1-18-10-22(15-34(18)41(4,38)39)28(37)31-14-23(35)13-27-32-24(17-40-27)21-7-5-6-19(11-21)20-8-9-30-25(12-20)33(3)16-26(36)29-2/h5-12,15,17H,13-14,16H2,1-4H3,(H,29,36)(H,31,37). The summed E-state index contributed by atoms with van der Waals surface area (Å²) >= 11 is 1.36. The maximum atomic E-state index is 12.6. The van der Waals surface area contributed by atoms with E-state index in [1.165, 1.54) is 23.6 Å². The van der Waals surface area contributed by atoms with Crippen molar-refractivity contribution in [2.75, 3.05) is 38.3 Å². The number of pyridine rings is 1. The molecule has 0 radical (unpaired) electrons. The molecule has 0 atom stereocenters. The van der Waals surface area contributed by atoms with E-state index in [9.17, 15) is 22.8 Å². The molecule has 11 nitrogen and oxygen atoms in total. The Morgan fingerprint density at radius 2 is 1.80 bits per heavy atom. The van der Waals surface area contributed by atoms with Crippen LogP contribution in [0.15, 0.2) is 60.2 Å². The van der Waals surface area contributed by atoms with Gasteiger partial charge >= 0.3 is 0 Å². The van der Waals surface area contributed by atoms with Gasteiger partial charge in [0.25, 0.3) is 5.91 Å². The number of anilines is 1. The number of thiazole rings is 1. The Labute approximate surface area is 242 Å². The number of amides is 2. The van der Waals surface area contributed by atoms with E-state index in [1.54, 1.807) is 32.1 Å². The molecule has 2 amide bonds. The van der Waals surface area contributed by atoms with Gasteiger partial charge in [-0.15, -0.1) is 11.3 Å². The van der Waals surface area contributed by atoms with Crippen LogP contribution in [0, 0.1) is 6.92 Å². The van der Waals surface area contributed by atoms with E-state index in [2.05, 4.69) is 20.6 Å². The number of likely N-dealkylation sites (N-methyl/N-ethyl adjacent to an activating group) is 2. The highest BCUT2D eigenvalue weighted by Gasteiger charge is 2.17. The Bertz CT molecular complexity index is 1710. The van der Waals surface area contributed by atoms with Crippen LogP contribution < -0.4 is 15.5 Å². The fourth-order valence-electron chi connectivity index (χ4n) is 4.11. The van der Waals surface area contributed by atoms with Crippen LogP contribution in [0.5, 0.6) is 0 Å². The number of aryl methyl sites for hydroxylation is 1. The largest absolute Gasteiger partial charge is 0.358 e. The second-order valence-electron chi connectivity index (χ2n) is 9.47. The first-order valence-electron chi connectivity index (χ1n) is 12.6. The lowest BCUT2D eigenvalue weighted by atomic mass is 10.0. The fourth-order valence-corrected chi connectivity index (χ4v) is 5.83. The quantitative estimate of drug-likeness (QED) is 0.270. The van der Waals surface area contributed by atoms with Crippen molar-refractivity contribution < 1.29 is 22.8 Å². The number of Topliss-reactive ketones (excluding diaryl/α,β-unsaturated/α-hetero) is 1. The van der Waals surface area contributed by atoms with Crippen molar-refractivity contribution in [2.45, 2.75) is 13.3 Å². The summed E-state index contributed by atoms with van der Waals surface area (Å²) in [5, 5.41) is 7.65. The zero-order chi connectivity index (χ0) is 29.7. The molecule has 4 rings (SSSR count). The molecule has 0 bridgehead atoms.